The van der Waals surface area contributed by atoms with Crippen molar-refractivity contribution in [3.8, 4) is 0 Å². The fraction of sp³-hybridized carbons (Fsp3) is 0.562. The van der Waals surface area contributed by atoms with Crippen LogP contribution in [0.2, 0.25) is 0 Å². The van der Waals surface area contributed by atoms with Crippen molar-refractivity contribution in [2.45, 2.75) is 25.5 Å². The van der Waals surface area contributed by atoms with Crippen LogP contribution in [0.25, 0.3) is 0 Å². The van der Waals surface area contributed by atoms with Gasteiger partial charge in [0.15, 0.2) is 0 Å². The highest BCUT2D eigenvalue weighted by Crippen LogP contribution is 2.33. The van der Waals surface area contributed by atoms with Gasteiger partial charge in [-0.05, 0) is 25.0 Å². The summed E-state index contributed by atoms with van der Waals surface area (Å²) in [4.78, 5) is 23.1. The normalized spacial score (nSPS) is 22.2. The zero-order valence-corrected chi connectivity index (χ0v) is 14.3. The number of hydrogen-bond acceptors (Lipinski definition) is 6. The molecule has 2 aromatic heterocycles. The molecule has 1 N–H and O–H groups in total. The molecule has 1 amide bonds. The summed E-state index contributed by atoms with van der Waals surface area (Å²) < 4.78 is 5.76. The Balaban J connectivity index is 1.29. The van der Waals surface area contributed by atoms with Gasteiger partial charge >= 0.3 is 0 Å². The summed E-state index contributed by atoms with van der Waals surface area (Å²) in [6.45, 7) is 5.05. The van der Waals surface area contributed by atoms with Crippen LogP contribution in [0.3, 0.4) is 0 Å². The molecule has 0 aromatic carbocycles. The van der Waals surface area contributed by atoms with Gasteiger partial charge in [0.2, 0.25) is 5.82 Å². The van der Waals surface area contributed by atoms with Crippen LogP contribution < -0.4 is 0 Å². The van der Waals surface area contributed by atoms with E-state index in [2.05, 4.69) is 32.2 Å². The number of nitrogens with one attached hydrogen (secondary N) is 1. The number of piperazine rings is 1. The third-order valence-corrected chi connectivity index (χ3v) is 5.75. The third-order valence-electron chi connectivity index (χ3n) is 4.59. The van der Waals surface area contributed by atoms with Gasteiger partial charge in [-0.2, -0.15) is 5.10 Å². The second-order valence-electron chi connectivity index (χ2n) is 6.21. The van der Waals surface area contributed by atoms with E-state index in [-0.39, 0.29) is 5.91 Å². The molecule has 0 radical (unpaired) electrons. The molecule has 0 saturated carbocycles. The molecule has 2 aliphatic heterocycles. The van der Waals surface area contributed by atoms with Crippen LogP contribution in [0, 0.1) is 0 Å². The fourth-order valence-electron chi connectivity index (χ4n) is 3.24. The van der Waals surface area contributed by atoms with Gasteiger partial charge in [0, 0.05) is 49.1 Å². The molecule has 1 atom stereocenters. The lowest BCUT2D eigenvalue weighted by molar-refractivity contribution is 0.0618. The maximum atomic E-state index is 12.2. The van der Waals surface area contributed by atoms with E-state index in [0.717, 1.165) is 45.8 Å². The first-order valence-electron chi connectivity index (χ1n) is 8.37. The highest BCUT2D eigenvalue weighted by atomic mass is 32.1. The SMILES string of the molecule is O=C(c1ncn[nH]1)N1CCN(Cc2ccc([C@H]3CCCO3)s2)CC1. The van der Waals surface area contributed by atoms with Crippen molar-refractivity contribution in [3.63, 3.8) is 0 Å². The molecule has 0 aliphatic carbocycles. The number of hydrogen-bond donors (Lipinski definition) is 1. The summed E-state index contributed by atoms with van der Waals surface area (Å²) in [5.41, 5.74) is 0. The second kappa shape index (κ2) is 7.00. The monoisotopic (exact) mass is 347 g/mol. The Hall–Kier alpha value is -1.77. The molecule has 8 heteroatoms. The van der Waals surface area contributed by atoms with Crippen molar-refractivity contribution in [2.24, 2.45) is 0 Å². The smallest absolute Gasteiger partial charge is 0.291 e. The third kappa shape index (κ3) is 3.35. The quantitative estimate of drug-likeness (QED) is 0.911. The summed E-state index contributed by atoms with van der Waals surface area (Å²) in [5, 5.41) is 6.38. The largest absolute Gasteiger partial charge is 0.373 e. The van der Waals surface area contributed by atoms with Crippen molar-refractivity contribution in [2.75, 3.05) is 32.8 Å². The predicted octanol–water partition coefficient (Wildman–Crippen LogP) is 1.68. The lowest BCUT2D eigenvalue weighted by Crippen LogP contribution is -2.48. The number of rotatable bonds is 4. The number of thiophene rings is 1. The van der Waals surface area contributed by atoms with Gasteiger partial charge in [0.05, 0.1) is 6.10 Å². The van der Waals surface area contributed by atoms with Crippen LogP contribution in [-0.2, 0) is 11.3 Å². The number of amides is 1. The Morgan fingerprint density at radius 2 is 2.21 bits per heavy atom. The Morgan fingerprint density at radius 3 is 2.92 bits per heavy atom. The molecule has 24 heavy (non-hydrogen) atoms. The minimum atomic E-state index is -0.0658. The molecule has 2 saturated heterocycles. The van der Waals surface area contributed by atoms with Crippen molar-refractivity contribution in [1.82, 2.24) is 25.0 Å². The highest BCUT2D eigenvalue weighted by Gasteiger charge is 2.24. The molecule has 7 nitrogen and oxygen atoms in total. The van der Waals surface area contributed by atoms with Gasteiger partial charge < -0.3 is 9.64 Å². The van der Waals surface area contributed by atoms with Crippen molar-refractivity contribution in [3.05, 3.63) is 34.0 Å². The molecule has 4 rings (SSSR count). The van der Waals surface area contributed by atoms with Gasteiger partial charge in [-0.15, -0.1) is 11.3 Å². The Morgan fingerprint density at radius 1 is 1.33 bits per heavy atom. The maximum Gasteiger partial charge on any atom is 0.291 e. The summed E-state index contributed by atoms with van der Waals surface area (Å²) >= 11 is 1.86. The first kappa shape index (κ1) is 15.7. The number of nitrogens with zero attached hydrogens (tertiary/aromatic N) is 4. The second-order valence-corrected chi connectivity index (χ2v) is 7.41. The van der Waals surface area contributed by atoms with Crippen LogP contribution in [0.4, 0.5) is 0 Å². The Kier molecular flexibility index (Phi) is 4.59. The minimum absolute atomic E-state index is 0.0658. The number of H-pyrrole nitrogens is 1. The molecule has 0 bridgehead atoms. The molecule has 2 aliphatic rings. The van der Waals surface area contributed by atoms with E-state index in [1.165, 1.54) is 22.5 Å². The average molecular weight is 347 g/mol. The van der Waals surface area contributed by atoms with Gasteiger partial charge in [0.25, 0.3) is 5.91 Å². The number of ether oxygens (including phenoxy) is 1. The van der Waals surface area contributed by atoms with E-state index < -0.39 is 0 Å². The van der Waals surface area contributed by atoms with Crippen LogP contribution in [0.5, 0.6) is 0 Å². The molecule has 4 heterocycles. The van der Waals surface area contributed by atoms with Crippen molar-refractivity contribution in [1.29, 1.82) is 0 Å². The standard InChI is InChI=1S/C16H21N5O2S/c22-16(15-17-11-18-19-15)21-7-5-20(6-8-21)10-12-3-4-14(24-12)13-2-1-9-23-13/h3-4,11,13H,1-2,5-10H2,(H,17,18,19)/t13-/m1/s1. The van der Waals surface area contributed by atoms with Crippen molar-refractivity contribution >= 4 is 17.2 Å². The van der Waals surface area contributed by atoms with Crippen LogP contribution in [0.1, 0.15) is 39.3 Å². The maximum absolute atomic E-state index is 12.2. The Labute approximate surface area is 144 Å². The number of carbonyl (C=O) groups excluding carboxylic acids is 1. The molecule has 2 fully saturated rings. The first-order valence-corrected chi connectivity index (χ1v) is 9.18. The van der Waals surface area contributed by atoms with E-state index in [9.17, 15) is 4.79 Å². The summed E-state index contributed by atoms with van der Waals surface area (Å²) in [6.07, 6.45) is 3.98. The van der Waals surface area contributed by atoms with E-state index in [4.69, 9.17) is 4.74 Å². The van der Waals surface area contributed by atoms with E-state index in [1.807, 2.05) is 16.2 Å². The summed E-state index contributed by atoms with van der Waals surface area (Å²) in [6, 6.07) is 4.42. The van der Waals surface area contributed by atoms with Crippen LogP contribution in [-0.4, -0.2) is 63.7 Å². The van der Waals surface area contributed by atoms with Crippen LogP contribution >= 0.6 is 11.3 Å². The van der Waals surface area contributed by atoms with E-state index >= 15 is 0 Å². The number of aromatic nitrogens is 3. The highest BCUT2D eigenvalue weighted by molar-refractivity contribution is 7.12. The van der Waals surface area contributed by atoms with E-state index in [1.54, 1.807) is 0 Å². The zero-order chi connectivity index (χ0) is 16.4. The fourth-order valence-corrected chi connectivity index (χ4v) is 4.38. The summed E-state index contributed by atoms with van der Waals surface area (Å²) in [7, 11) is 0. The predicted molar refractivity (Wildman–Crippen MR) is 89.8 cm³/mol. The molecule has 128 valence electrons. The molecule has 0 unspecified atom stereocenters. The number of carbonyl (C=O) groups is 1. The van der Waals surface area contributed by atoms with Gasteiger partial charge in [-0.1, -0.05) is 0 Å². The number of aromatic amines is 1. The topological polar surface area (TPSA) is 74.4 Å². The average Bonchev–Trinajstić information content (AvgIpc) is 3.36. The van der Waals surface area contributed by atoms with Gasteiger partial charge in [-0.3, -0.25) is 14.8 Å². The van der Waals surface area contributed by atoms with Gasteiger partial charge in [-0.25, -0.2) is 4.98 Å². The Bertz CT molecular complexity index is 672. The molecular weight excluding hydrogens is 326 g/mol. The zero-order valence-electron chi connectivity index (χ0n) is 13.5. The lowest BCUT2D eigenvalue weighted by atomic mass is 10.2. The van der Waals surface area contributed by atoms with E-state index in [0.29, 0.717) is 11.9 Å². The minimum Gasteiger partial charge on any atom is -0.373 e. The van der Waals surface area contributed by atoms with Crippen LogP contribution in [0.15, 0.2) is 18.5 Å². The molecule has 0 spiro atoms. The first-order chi connectivity index (χ1) is 11.8. The lowest BCUT2D eigenvalue weighted by Gasteiger charge is -2.33. The summed E-state index contributed by atoms with van der Waals surface area (Å²) in [5.74, 6) is 0.256. The molecular formula is C16H21N5O2S. The van der Waals surface area contributed by atoms with Crippen molar-refractivity contribution < 1.29 is 9.53 Å². The molecule has 2 aromatic rings. The van der Waals surface area contributed by atoms with Gasteiger partial charge in [0.1, 0.15) is 6.33 Å².